The number of rotatable bonds is 2. The van der Waals surface area contributed by atoms with Crippen LogP contribution in [0.25, 0.3) is 0 Å². The first-order chi connectivity index (χ1) is 7.61. The molecule has 0 unspecified atom stereocenters. The van der Waals surface area contributed by atoms with Gasteiger partial charge in [-0.3, -0.25) is 14.5 Å². The van der Waals surface area contributed by atoms with Crippen LogP contribution in [0.2, 0.25) is 0 Å². The number of carbonyl (C=O) groups is 1. The SMILES string of the molecule is Cc1ccncc1C(=O)c1cnn(C)c1C. The molecule has 0 N–H and O–H groups in total. The number of hydrogen-bond acceptors (Lipinski definition) is 3. The Morgan fingerprint density at radius 1 is 1.25 bits per heavy atom. The van der Waals surface area contributed by atoms with Gasteiger partial charge in [-0.2, -0.15) is 5.10 Å². The lowest BCUT2D eigenvalue weighted by Gasteiger charge is -2.03. The summed E-state index contributed by atoms with van der Waals surface area (Å²) in [4.78, 5) is 16.2. The summed E-state index contributed by atoms with van der Waals surface area (Å²) in [7, 11) is 1.82. The van der Waals surface area contributed by atoms with Crippen molar-refractivity contribution in [3.63, 3.8) is 0 Å². The molecule has 0 saturated heterocycles. The maximum absolute atomic E-state index is 12.2. The highest BCUT2D eigenvalue weighted by Crippen LogP contribution is 2.15. The van der Waals surface area contributed by atoms with Crippen LogP contribution < -0.4 is 0 Å². The molecule has 0 radical (unpaired) electrons. The van der Waals surface area contributed by atoms with Gasteiger partial charge in [-0.05, 0) is 25.5 Å². The van der Waals surface area contributed by atoms with E-state index in [-0.39, 0.29) is 5.78 Å². The quantitative estimate of drug-likeness (QED) is 0.716. The molecule has 4 heteroatoms. The van der Waals surface area contributed by atoms with Crippen LogP contribution >= 0.6 is 0 Å². The highest BCUT2D eigenvalue weighted by atomic mass is 16.1. The minimum atomic E-state index is -0.0174. The number of aryl methyl sites for hydroxylation is 2. The fourth-order valence-electron chi connectivity index (χ4n) is 1.57. The van der Waals surface area contributed by atoms with Gasteiger partial charge in [-0.15, -0.1) is 0 Å². The summed E-state index contributed by atoms with van der Waals surface area (Å²) in [6.07, 6.45) is 4.89. The Labute approximate surface area is 93.9 Å². The molecule has 0 aromatic carbocycles. The molecule has 82 valence electrons. The van der Waals surface area contributed by atoms with E-state index in [4.69, 9.17) is 0 Å². The van der Waals surface area contributed by atoms with Crippen LogP contribution in [0.5, 0.6) is 0 Å². The first kappa shape index (κ1) is 10.5. The van der Waals surface area contributed by atoms with E-state index in [1.807, 2.05) is 27.0 Å². The molecule has 0 aliphatic rings. The Bertz CT molecular complexity index is 543. The first-order valence-electron chi connectivity index (χ1n) is 5.05. The molecule has 0 saturated carbocycles. The average molecular weight is 215 g/mol. The molecule has 0 fully saturated rings. The molecule has 0 aliphatic carbocycles. The van der Waals surface area contributed by atoms with Crippen LogP contribution in [0.4, 0.5) is 0 Å². The second-order valence-electron chi connectivity index (χ2n) is 3.79. The number of pyridine rings is 1. The van der Waals surface area contributed by atoms with Crippen LogP contribution in [0, 0.1) is 13.8 Å². The number of ketones is 1. The zero-order chi connectivity index (χ0) is 11.7. The van der Waals surface area contributed by atoms with E-state index in [2.05, 4.69) is 10.1 Å². The minimum Gasteiger partial charge on any atom is -0.288 e. The smallest absolute Gasteiger partial charge is 0.198 e. The molecule has 16 heavy (non-hydrogen) atoms. The molecular formula is C12H13N3O. The minimum absolute atomic E-state index is 0.0174. The van der Waals surface area contributed by atoms with Crippen molar-refractivity contribution >= 4 is 5.78 Å². The van der Waals surface area contributed by atoms with Gasteiger partial charge in [0.25, 0.3) is 0 Å². The van der Waals surface area contributed by atoms with Gasteiger partial charge in [-0.25, -0.2) is 0 Å². The van der Waals surface area contributed by atoms with Gasteiger partial charge in [0.15, 0.2) is 5.78 Å². The predicted octanol–water partition coefficient (Wildman–Crippen LogP) is 1.66. The summed E-state index contributed by atoms with van der Waals surface area (Å²) < 4.78 is 1.69. The van der Waals surface area contributed by atoms with Crippen molar-refractivity contribution in [2.24, 2.45) is 7.05 Å². The van der Waals surface area contributed by atoms with Gasteiger partial charge >= 0.3 is 0 Å². The van der Waals surface area contributed by atoms with Crippen LogP contribution in [0.1, 0.15) is 27.2 Å². The third kappa shape index (κ3) is 1.62. The van der Waals surface area contributed by atoms with Gasteiger partial charge in [0.05, 0.1) is 11.8 Å². The molecule has 2 rings (SSSR count). The molecule has 0 atom stereocenters. The maximum Gasteiger partial charge on any atom is 0.198 e. The first-order valence-corrected chi connectivity index (χ1v) is 5.05. The van der Waals surface area contributed by atoms with Crippen molar-refractivity contribution < 1.29 is 4.79 Å². The molecule has 2 heterocycles. The predicted molar refractivity (Wildman–Crippen MR) is 60.4 cm³/mol. The van der Waals surface area contributed by atoms with E-state index < -0.39 is 0 Å². The van der Waals surface area contributed by atoms with Gasteiger partial charge in [-0.1, -0.05) is 0 Å². The van der Waals surface area contributed by atoms with Gasteiger partial charge in [0.1, 0.15) is 0 Å². The molecule has 0 spiro atoms. The van der Waals surface area contributed by atoms with Crippen molar-refractivity contribution in [1.29, 1.82) is 0 Å². The van der Waals surface area contributed by atoms with Crippen LogP contribution in [0.3, 0.4) is 0 Å². The Morgan fingerprint density at radius 2 is 2.00 bits per heavy atom. The zero-order valence-corrected chi connectivity index (χ0v) is 9.56. The fourth-order valence-corrected chi connectivity index (χ4v) is 1.57. The molecular weight excluding hydrogens is 202 g/mol. The Balaban J connectivity index is 2.48. The van der Waals surface area contributed by atoms with E-state index in [1.165, 1.54) is 0 Å². The Kier molecular flexibility index (Phi) is 2.56. The fraction of sp³-hybridized carbons (Fsp3) is 0.250. The number of aromatic nitrogens is 3. The molecule has 0 bridgehead atoms. The van der Waals surface area contributed by atoms with Gasteiger partial charge in [0, 0.05) is 30.7 Å². The normalized spacial score (nSPS) is 10.4. The highest BCUT2D eigenvalue weighted by molar-refractivity contribution is 6.10. The summed E-state index contributed by atoms with van der Waals surface area (Å²) in [6, 6.07) is 1.83. The average Bonchev–Trinajstić information content (AvgIpc) is 2.60. The second-order valence-corrected chi connectivity index (χ2v) is 3.79. The number of carbonyl (C=O) groups excluding carboxylic acids is 1. The van der Waals surface area contributed by atoms with E-state index in [9.17, 15) is 4.79 Å². The van der Waals surface area contributed by atoms with Crippen molar-refractivity contribution in [2.45, 2.75) is 13.8 Å². The largest absolute Gasteiger partial charge is 0.288 e. The summed E-state index contributed by atoms with van der Waals surface area (Å²) >= 11 is 0. The maximum atomic E-state index is 12.2. The number of nitrogens with zero attached hydrogens (tertiary/aromatic N) is 3. The van der Waals surface area contributed by atoms with E-state index in [0.717, 1.165) is 11.3 Å². The second kappa shape index (κ2) is 3.89. The van der Waals surface area contributed by atoms with Crippen molar-refractivity contribution in [3.05, 3.63) is 47.0 Å². The topological polar surface area (TPSA) is 47.8 Å². The molecule has 4 nitrogen and oxygen atoms in total. The van der Waals surface area contributed by atoms with Crippen molar-refractivity contribution in [2.75, 3.05) is 0 Å². The Morgan fingerprint density at radius 3 is 2.56 bits per heavy atom. The lowest BCUT2D eigenvalue weighted by atomic mass is 10.0. The van der Waals surface area contributed by atoms with E-state index >= 15 is 0 Å². The molecule has 0 amide bonds. The van der Waals surface area contributed by atoms with E-state index in [0.29, 0.717) is 11.1 Å². The van der Waals surface area contributed by atoms with Crippen molar-refractivity contribution in [3.8, 4) is 0 Å². The molecule has 2 aromatic rings. The van der Waals surface area contributed by atoms with Crippen LogP contribution in [-0.4, -0.2) is 20.5 Å². The summed E-state index contributed by atoms with van der Waals surface area (Å²) in [6.45, 7) is 3.78. The summed E-state index contributed by atoms with van der Waals surface area (Å²) in [5, 5.41) is 4.07. The summed E-state index contributed by atoms with van der Waals surface area (Å²) in [5.41, 5.74) is 3.08. The lowest BCUT2D eigenvalue weighted by molar-refractivity contribution is 0.103. The third-order valence-corrected chi connectivity index (χ3v) is 2.76. The third-order valence-electron chi connectivity index (χ3n) is 2.76. The molecule has 0 aliphatic heterocycles. The van der Waals surface area contributed by atoms with Gasteiger partial charge in [0.2, 0.25) is 0 Å². The zero-order valence-electron chi connectivity index (χ0n) is 9.56. The van der Waals surface area contributed by atoms with Crippen molar-refractivity contribution in [1.82, 2.24) is 14.8 Å². The van der Waals surface area contributed by atoms with Crippen LogP contribution in [-0.2, 0) is 7.05 Å². The van der Waals surface area contributed by atoms with Gasteiger partial charge < -0.3 is 0 Å². The summed E-state index contributed by atoms with van der Waals surface area (Å²) in [5.74, 6) is -0.0174. The monoisotopic (exact) mass is 215 g/mol. The Hall–Kier alpha value is -1.97. The standard InChI is InChI=1S/C12H13N3O/c1-8-4-5-13-6-10(8)12(16)11-7-14-15(3)9(11)2/h4-7H,1-3H3. The van der Waals surface area contributed by atoms with Crippen LogP contribution in [0.15, 0.2) is 24.7 Å². The number of hydrogen-bond donors (Lipinski definition) is 0. The highest BCUT2D eigenvalue weighted by Gasteiger charge is 2.16. The molecule has 2 aromatic heterocycles. The lowest BCUT2D eigenvalue weighted by Crippen LogP contribution is -2.05. The van der Waals surface area contributed by atoms with E-state index in [1.54, 1.807) is 23.3 Å².